The van der Waals surface area contributed by atoms with E-state index < -0.39 is 6.04 Å². The minimum Gasteiger partial charge on any atom is -0.383 e. The Morgan fingerprint density at radius 2 is 2.35 bits per heavy atom. The van der Waals surface area contributed by atoms with E-state index in [2.05, 4.69) is 10.3 Å². The number of hydrogen-bond acceptors (Lipinski definition) is 5. The summed E-state index contributed by atoms with van der Waals surface area (Å²) >= 11 is 1.42. The Morgan fingerprint density at radius 3 is 3.06 bits per heavy atom. The summed E-state index contributed by atoms with van der Waals surface area (Å²) in [4.78, 5) is 15.9. The van der Waals surface area contributed by atoms with Crippen LogP contribution in [-0.4, -0.2) is 30.6 Å². The van der Waals surface area contributed by atoms with E-state index in [0.717, 1.165) is 10.2 Å². The highest BCUT2D eigenvalue weighted by Crippen LogP contribution is 2.25. The first-order chi connectivity index (χ1) is 8.20. The molecule has 0 saturated heterocycles. The van der Waals surface area contributed by atoms with Crippen LogP contribution in [0.2, 0.25) is 0 Å². The summed E-state index contributed by atoms with van der Waals surface area (Å²) in [6.45, 7) is 0.191. The average molecular weight is 251 g/mol. The quantitative estimate of drug-likeness (QED) is 0.856. The Bertz CT molecular complexity index is 493. The first-order valence-electron chi connectivity index (χ1n) is 5.11. The van der Waals surface area contributed by atoms with Crippen LogP contribution in [0.3, 0.4) is 0 Å². The number of thiazole rings is 1. The Hall–Kier alpha value is -1.50. The third-order valence-corrected chi connectivity index (χ3v) is 3.16. The first-order valence-corrected chi connectivity index (χ1v) is 5.93. The second-order valence-electron chi connectivity index (χ2n) is 3.54. The van der Waals surface area contributed by atoms with Gasteiger partial charge in [0.15, 0.2) is 5.13 Å². The molecule has 3 N–H and O–H groups in total. The van der Waals surface area contributed by atoms with E-state index in [1.54, 1.807) is 0 Å². The number of hydrogen-bond donors (Lipinski definition) is 2. The number of ether oxygens (including phenoxy) is 1. The number of nitrogens with one attached hydrogen (secondary N) is 1. The average Bonchev–Trinajstić information content (AvgIpc) is 2.71. The van der Waals surface area contributed by atoms with Gasteiger partial charge in [-0.1, -0.05) is 23.5 Å². The molecule has 1 unspecified atom stereocenters. The van der Waals surface area contributed by atoms with Crippen molar-refractivity contribution in [3.05, 3.63) is 24.3 Å². The normalized spacial score (nSPS) is 12.6. The van der Waals surface area contributed by atoms with Gasteiger partial charge in [0.2, 0.25) is 5.91 Å². The fourth-order valence-corrected chi connectivity index (χ4v) is 2.25. The lowest BCUT2D eigenvalue weighted by molar-refractivity contribution is -0.118. The molecule has 0 saturated carbocycles. The first kappa shape index (κ1) is 12.0. The molecule has 1 amide bonds. The van der Waals surface area contributed by atoms with E-state index in [1.807, 2.05) is 24.3 Å². The van der Waals surface area contributed by atoms with Crippen LogP contribution in [0.5, 0.6) is 0 Å². The Morgan fingerprint density at radius 1 is 1.59 bits per heavy atom. The maximum absolute atomic E-state index is 11.6. The number of carbonyl (C=O) groups excluding carboxylic acids is 1. The van der Waals surface area contributed by atoms with Crippen molar-refractivity contribution in [3.8, 4) is 0 Å². The molecule has 1 heterocycles. The van der Waals surface area contributed by atoms with E-state index in [9.17, 15) is 4.79 Å². The topological polar surface area (TPSA) is 77.2 Å². The molecule has 5 nitrogen and oxygen atoms in total. The number of aromatic nitrogens is 1. The third kappa shape index (κ3) is 2.79. The fraction of sp³-hybridized carbons (Fsp3) is 0.273. The highest BCUT2D eigenvalue weighted by Gasteiger charge is 2.14. The van der Waals surface area contributed by atoms with Crippen LogP contribution < -0.4 is 11.1 Å². The lowest BCUT2D eigenvalue weighted by Gasteiger charge is -2.08. The van der Waals surface area contributed by atoms with Crippen molar-refractivity contribution < 1.29 is 9.53 Å². The van der Waals surface area contributed by atoms with Crippen LogP contribution in [0.1, 0.15) is 0 Å². The molecule has 6 heteroatoms. The number of benzene rings is 1. The van der Waals surface area contributed by atoms with E-state index in [0.29, 0.717) is 5.13 Å². The summed E-state index contributed by atoms with van der Waals surface area (Å²) in [5.41, 5.74) is 6.48. The van der Waals surface area contributed by atoms with Crippen LogP contribution in [-0.2, 0) is 9.53 Å². The molecule has 0 bridgehead atoms. The monoisotopic (exact) mass is 251 g/mol. The number of anilines is 1. The van der Waals surface area contributed by atoms with Crippen molar-refractivity contribution >= 4 is 32.6 Å². The minimum absolute atomic E-state index is 0.191. The minimum atomic E-state index is -0.674. The molecule has 1 atom stereocenters. The van der Waals surface area contributed by atoms with Crippen molar-refractivity contribution in [1.82, 2.24) is 4.98 Å². The van der Waals surface area contributed by atoms with Crippen molar-refractivity contribution in [2.24, 2.45) is 5.73 Å². The number of para-hydroxylation sites is 1. The highest BCUT2D eigenvalue weighted by atomic mass is 32.1. The second kappa shape index (κ2) is 5.22. The van der Waals surface area contributed by atoms with E-state index >= 15 is 0 Å². The maximum atomic E-state index is 11.6. The molecular weight excluding hydrogens is 238 g/mol. The number of carbonyl (C=O) groups is 1. The predicted octanol–water partition coefficient (Wildman–Crippen LogP) is 1.21. The molecule has 1 aromatic carbocycles. The van der Waals surface area contributed by atoms with Crippen LogP contribution >= 0.6 is 11.3 Å². The SMILES string of the molecule is COCC(N)C(=O)Nc1nc2ccccc2s1. The third-order valence-electron chi connectivity index (χ3n) is 2.21. The molecule has 90 valence electrons. The number of nitrogens with two attached hydrogens (primary N) is 1. The summed E-state index contributed by atoms with van der Waals surface area (Å²) in [6.07, 6.45) is 0. The van der Waals surface area contributed by atoms with Gasteiger partial charge >= 0.3 is 0 Å². The van der Waals surface area contributed by atoms with Crippen molar-refractivity contribution in [2.75, 3.05) is 19.0 Å². The fourth-order valence-electron chi connectivity index (χ4n) is 1.38. The van der Waals surface area contributed by atoms with Gasteiger partial charge in [0.1, 0.15) is 6.04 Å². The number of fused-ring (bicyclic) bond motifs is 1. The lowest BCUT2D eigenvalue weighted by Crippen LogP contribution is -2.39. The molecule has 0 aliphatic heterocycles. The van der Waals surface area contributed by atoms with Gasteiger partial charge in [-0.3, -0.25) is 4.79 Å². The highest BCUT2D eigenvalue weighted by molar-refractivity contribution is 7.22. The largest absolute Gasteiger partial charge is 0.383 e. The molecule has 17 heavy (non-hydrogen) atoms. The molecule has 0 aliphatic rings. The van der Waals surface area contributed by atoms with Gasteiger partial charge in [0.25, 0.3) is 0 Å². The summed E-state index contributed by atoms with van der Waals surface area (Å²) in [5, 5.41) is 3.24. The van der Waals surface area contributed by atoms with Gasteiger partial charge in [-0.2, -0.15) is 0 Å². The summed E-state index contributed by atoms with van der Waals surface area (Å²) < 4.78 is 5.85. The Kier molecular flexibility index (Phi) is 3.68. The van der Waals surface area contributed by atoms with Gasteiger partial charge in [-0.15, -0.1) is 0 Å². The molecule has 2 aromatic rings. The van der Waals surface area contributed by atoms with Crippen LogP contribution in [0.4, 0.5) is 5.13 Å². The van der Waals surface area contributed by atoms with Crippen LogP contribution in [0.15, 0.2) is 24.3 Å². The Labute approximate surface area is 103 Å². The zero-order valence-corrected chi connectivity index (χ0v) is 10.2. The standard InChI is InChI=1S/C11H13N3O2S/c1-16-6-7(12)10(15)14-11-13-8-4-2-3-5-9(8)17-11/h2-5,7H,6,12H2,1H3,(H,13,14,15). The molecule has 1 aromatic heterocycles. The number of amides is 1. The number of nitrogens with zero attached hydrogens (tertiary/aromatic N) is 1. The van der Waals surface area contributed by atoms with Crippen molar-refractivity contribution in [2.45, 2.75) is 6.04 Å². The summed E-state index contributed by atoms with van der Waals surface area (Å²) in [5.74, 6) is -0.286. The van der Waals surface area contributed by atoms with E-state index in [-0.39, 0.29) is 12.5 Å². The second-order valence-corrected chi connectivity index (χ2v) is 4.57. The van der Waals surface area contributed by atoms with Crippen molar-refractivity contribution in [1.29, 1.82) is 0 Å². The van der Waals surface area contributed by atoms with E-state index in [1.165, 1.54) is 18.4 Å². The molecule has 0 spiro atoms. The van der Waals surface area contributed by atoms with Crippen molar-refractivity contribution in [3.63, 3.8) is 0 Å². The zero-order chi connectivity index (χ0) is 12.3. The molecule has 0 radical (unpaired) electrons. The number of rotatable bonds is 4. The predicted molar refractivity (Wildman–Crippen MR) is 68.1 cm³/mol. The lowest BCUT2D eigenvalue weighted by atomic mass is 10.3. The maximum Gasteiger partial charge on any atom is 0.245 e. The Balaban J connectivity index is 2.10. The smallest absolute Gasteiger partial charge is 0.245 e. The molecule has 2 rings (SSSR count). The van der Waals surface area contributed by atoms with E-state index in [4.69, 9.17) is 10.5 Å². The van der Waals surface area contributed by atoms with Crippen LogP contribution in [0.25, 0.3) is 10.2 Å². The van der Waals surface area contributed by atoms with Gasteiger partial charge in [-0.05, 0) is 12.1 Å². The summed E-state index contributed by atoms with van der Waals surface area (Å²) in [6, 6.07) is 7.02. The van der Waals surface area contributed by atoms with Gasteiger partial charge in [0.05, 0.1) is 16.8 Å². The van der Waals surface area contributed by atoms with Gasteiger partial charge in [-0.25, -0.2) is 4.98 Å². The number of methoxy groups -OCH3 is 1. The van der Waals surface area contributed by atoms with Gasteiger partial charge < -0.3 is 15.8 Å². The molecule has 0 aliphatic carbocycles. The summed E-state index contributed by atoms with van der Waals surface area (Å²) in [7, 11) is 1.50. The van der Waals surface area contributed by atoms with Crippen LogP contribution in [0, 0.1) is 0 Å². The molecule has 0 fully saturated rings. The molecular formula is C11H13N3O2S. The van der Waals surface area contributed by atoms with Gasteiger partial charge in [0, 0.05) is 7.11 Å². The zero-order valence-electron chi connectivity index (χ0n) is 9.34.